The van der Waals surface area contributed by atoms with Crippen LogP contribution in [0, 0.1) is 12.3 Å². The third kappa shape index (κ3) is 6.16. The Morgan fingerprint density at radius 2 is 1.82 bits per heavy atom. The van der Waals surface area contributed by atoms with Crippen LogP contribution in [0.15, 0.2) is 42.5 Å². The molecule has 33 heavy (non-hydrogen) atoms. The van der Waals surface area contributed by atoms with E-state index < -0.39 is 5.41 Å². The fraction of sp³-hybridized carbons (Fsp3) is 0.500. The van der Waals surface area contributed by atoms with Crippen molar-refractivity contribution >= 4 is 16.9 Å². The number of unbranched alkanes of at least 4 members (excludes halogenated alkanes) is 1. The zero-order chi connectivity index (χ0) is 24.2. The molecule has 1 aromatic heterocycles. The van der Waals surface area contributed by atoms with Gasteiger partial charge in [-0.1, -0.05) is 58.9 Å². The van der Waals surface area contributed by atoms with Gasteiger partial charge in [-0.2, -0.15) is 0 Å². The molecule has 5 heteroatoms. The number of nitrogens with zero attached hydrogens (tertiary/aromatic N) is 2. The highest BCUT2D eigenvalue weighted by molar-refractivity contribution is 5.82. The second-order valence-corrected chi connectivity index (χ2v) is 10.3. The molecule has 0 radical (unpaired) electrons. The quantitative estimate of drug-likeness (QED) is 0.377. The first-order valence-corrected chi connectivity index (χ1v) is 12.1. The van der Waals surface area contributed by atoms with Crippen LogP contribution in [0.5, 0.6) is 5.75 Å². The Morgan fingerprint density at radius 1 is 1.09 bits per heavy atom. The van der Waals surface area contributed by atoms with E-state index in [4.69, 9.17) is 9.72 Å². The topological polar surface area (TPSA) is 56.1 Å². The summed E-state index contributed by atoms with van der Waals surface area (Å²) in [7, 11) is 0. The van der Waals surface area contributed by atoms with E-state index in [1.807, 2.05) is 45.9 Å². The first-order chi connectivity index (χ1) is 15.6. The van der Waals surface area contributed by atoms with Crippen LogP contribution in [0.3, 0.4) is 0 Å². The lowest BCUT2D eigenvalue weighted by molar-refractivity contribution is -0.129. The van der Waals surface area contributed by atoms with Gasteiger partial charge in [0.25, 0.3) is 0 Å². The van der Waals surface area contributed by atoms with Crippen molar-refractivity contribution < 1.29 is 9.53 Å². The Bertz CT molecular complexity index is 1090. The number of aromatic nitrogens is 2. The van der Waals surface area contributed by atoms with Gasteiger partial charge in [0.15, 0.2) is 0 Å². The van der Waals surface area contributed by atoms with Crippen LogP contribution in [-0.4, -0.2) is 22.1 Å². The Kier molecular flexibility index (Phi) is 7.83. The van der Waals surface area contributed by atoms with E-state index in [0.29, 0.717) is 12.5 Å². The number of aryl methyl sites for hydroxylation is 2. The van der Waals surface area contributed by atoms with Crippen molar-refractivity contribution in [1.82, 2.24) is 14.9 Å². The number of nitrogens with one attached hydrogen (secondary N) is 1. The zero-order valence-corrected chi connectivity index (χ0v) is 21.2. The molecular weight excluding hydrogens is 410 g/mol. The highest BCUT2D eigenvalue weighted by atomic mass is 16.5. The van der Waals surface area contributed by atoms with Crippen molar-refractivity contribution in [3.63, 3.8) is 0 Å². The van der Waals surface area contributed by atoms with E-state index in [2.05, 4.69) is 54.9 Å². The summed E-state index contributed by atoms with van der Waals surface area (Å²) in [5.41, 5.74) is 4.10. The summed E-state index contributed by atoms with van der Waals surface area (Å²) < 4.78 is 8.42. The van der Waals surface area contributed by atoms with Gasteiger partial charge in [0.2, 0.25) is 5.91 Å². The Balaban J connectivity index is 1.67. The summed E-state index contributed by atoms with van der Waals surface area (Å²) >= 11 is 0. The maximum absolute atomic E-state index is 12.5. The molecule has 0 spiro atoms. The molecule has 3 rings (SSSR count). The summed E-state index contributed by atoms with van der Waals surface area (Å²) in [5, 5.41) is 3.14. The second-order valence-electron chi connectivity index (χ2n) is 10.3. The molecule has 5 nitrogen and oxygen atoms in total. The predicted octanol–water partition coefficient (Wildman–Crippen LogP) is 6.55. The van der Waals surface area contributed by atoms with Gasteiger partial charge in [-0.25, -0.2) is 4.98 Å². The van der Waals surface area contributed by atoms with E-state index in [9.17, 15) is 4.79 Å². The second kappa shape index (κ2) is 10.4. The van der Waals surface area contributed by atoms with Crippen LogP contribution in [0.4, 0.5) is 0 Å². The average molecular weight is 450 g/mol. The highest BCUT2D eigenvalue weighted by Crippen LogP contribution is 2.28. The van der Waals surface area contributed by atoms with E-state index in [1.54, 1.807) is 0 Å². The third-order valence-corrected chi connectivity index (χ3v) is 5.92. The van der Waals surface area contributed by atoms with E-state index in [-0.39, 0.29) is 11.9 Å². The smallest absolute Gasteiger partial charge is 0.225 e. The van der Waals surface area contributed by atoms with Gasteiger partial charge in [0.1, 0.15) is 11.6 Å². The van der Waals surface area contributed by atoms with E-state index in [1.165, 1.54) is 11.1 Å². The minimum Gasteiger partial charge on any atom is -0.493 e. The van der Waals surface area contributed by atoms with Crippen LogP contribution < -0.4 is 10.1 Å². The molecule has 0 fully saturated rings. The van der Waals surface area contributed by atoms with Gasteiger partial charge in [0, 0.05) is 12.0 Å². The molecule has 178 valence electrons. The van der Waals surface area contributed by atoms with E-state index >= 15 is 0 Å². The molecule has 0 saturated heterocycles. The summed E-state index contributed by atoms with van der Waals surface area (Å²) in [4.78, 5) is 17.4. The van der Waals surface area contributed by atoms with Gasteiger partial charge < -0.3 is 14.6 Å². The molecule has 0 aliphatic carbocycles. The summed E-state index contributed by atoms with van der Waals surface area (Å²) in [6.07, 6.45) is 1.91. The number of imidazole rings is 1. The molecule has 2 aromatic carbocycles. The van der Waals surface area contributed by atoms with Crippen molar-refractivity contribution in [3.8, 4) is 5.75 Å². The Hall–Kier alpha value is -2.82. The Labute approximate surface area is 198 Å². The number of rotatable bonds is 9. The molecule has 1 amide bonds. The van der Waals surface area contributed by atoms with Crippen LogP contribution >= 0.6 is 0 Å². The van der Waals surface area contributed by atoms with Crippen molar-refractivity contribution in [2.24, 2.45) is 5.41 Å². The standard InChI is InChI=1S/C28H39N3O2/c1-19(2)22-15-14-20(3)18-25(22)33-17-11-10-16-31-24-13-9-8-12-23(24)30-26(31)21(4)29-27(32)28(5,6)7/h8-9,12-15,18-19,21H,10-11,16-17H2,1-7H3,(H,29,32). The molecule has 1 N–H and O–H groups in total. The first kappa shape index (κ1) is 24.8. The van der Waals surface area contributed by atoms with Gasteiger partial charge in [0.05, 0.1) is 23.7 Å². The molecule has 0 saturated carbocycles. The average Bonchev–Trinajstić information content (AvgIpc) is 3.11. The van der Waals surface area contributed by atoms with Crippen LogP contribution in [0.1, 0.15) is 83.3 Å². The normalized spacial score (nSPS) is 12.8. The van der Waals surface area contributed by atoms with Crippen molar-refractivity contribution in [2.45, 2.75) is 79.8 Å². The maximum Gasteiger partial charge on any atom is 0.225 e. The van der Waals surface area contributed by atoms with Gasteiger partial charge in [-0.3, -0.25) is 4.79 Å². The van der Waals surface area contributed by atoms with Crippen molar-refractivity contribution in [3.05, 3.63) is 59.4 Å². The summed E-state index contributed by atoms with van der Waals surface area (Å²) in [6.45, 7) is 15.8. The Morgan fingerprint density at radius 3 is 2.52 bits per heavy atom. The minimum absolute atomic E-state index is 0.0288. The number of amides is 1. The fourth-order valence-corrected chi connectivity index (χ4v) is 3.94. The van der Waals surface area contributed by atoms with Crippen LogP contribution in [0.2, 0.25) is 0 Å². The molecule has 3 aromatic rings. The molecular formula is C28H39N3O2. The number of hydrogen-bond acceptors (Lipinski definition) is 3. The van der Waals surface area contributed by atoms with Crippen LogP contribution in [-0.2, 0) is 11.3 Å². The molecule has 1 atom stereocenters. The number of benzene rings is 2. The summed E-state index contributed by atoms with van der Waals surface area (Å²) in [6, 6.07) is 14.5. The third-order valence-electron chi connectivity index (χ3n) is 5.92. The van der Waals surface area contributed by atoms with Gasteiger partial charge in [-0.15, -0.1) is 0 Å². The molecule has 1 heterocycles. The maximum atomic E-state index is 12.5. The number of hydrogen-bond donors (Lipinski definition) is 1. The lowest BCUT2D eigenvalue weighted by atomic mass is 9.95. The predicted molar refractivity (Wildman–Crippen MR) is 136 cm³/mol. The van der Waals surface area contributed by atoms with Gasteiger partial charge in [-0.05, 0) is 61.9 Å². The number of carbonyl (C=O) groups is 1. The molecule has 0 aliphatic rings. The fourth-order valence-electron chi connectivity index (χ4n) is 3.94. The number of para-hydroxylation sites is 2. The monoisotopic (exact) mass is 449 g/mol. The number of carbonyl (C=O) groups excluding carboxylic acids is 1. The number of fused-ring (bicyclic) bond motifs is 1. The minimum atomic E-state index is -0.437. The lowest BCUT2D eigenvalue weighted by Crippen LogP contribution is -2.37. The molecule has 0 bridgehead atoms. The highest BCUT2D eigenvalue weighted by Gasteiger charge is 2.25. The van der Waals surface area contributed by atoms with Crippen molar-refractivity contribution in [1.29, 1.82) is 0 Å². The van der Waals surface area contributed by atoms with E-state index in [0.717, 1.165) is 42.0 Å². The van der Waals surface area contributed by atoms with Gasteiger partial charge >= 0.3 is 0 Å². The largest absolute Gasteiger partial charge is 0.493 e. The molecule has 0 aliphatic heterocycles. The SMILES string of the molecule is Cc1ccc(C(C)C)c(OCCCCn2c(C(C)NC(=O)C(C)(C)C)nc3ccccc32)c1. The van der Waals surface area contributed by atoms with Crippen molar-refractivity contribution in [2.75, 3.05) is 6.61 Å². The first-order valence-electron chi connectivity index (χ1n) is 12.1. The number of ether oxygens (including phenoxy) is 1. The summed E-state index contributed by atoms with van der Waals surface area (Å²) in [5.74, 6) is 2.36. The zero-order valence-electron chi connectivity index (χ0n) is 21.2. The lowest BCUT2D eigenvalue weighted by Gasteiger charge is -2.22. The van der Waals surface area contributed by atoms with Crippen LogP contribution in [0.25, 0.3) is 11.0 Å². The molecule has 1 unspecified atom stereocenters.